The van der Waals surface area contributed by atoms with E-state index in [1.807, 2.05) is 6.07 Å². The lowest BCUT2D eigenvalue weighted by atomic mass is 10.2. The zero-order valence-electron chi connectivity index (χ0n) is 16.2. The molecule has 7 nitrogen and oxygen atoms in total. The predicted octanol–water partition coefficient (Wildman–Crippen LogP) is 5.06. The second-order valence-corrected chi connectivity index (χ2v) is 6.66. The summed E-state index contributed by atoms with van der Waals surface area (Å²) < 4.78 is 47.4. The standard InChI is InChI=1S/C22H13F3N4O3/c1-26-17-4-2-3-14(11-17)12-29-13-16(7-10-19(29)30)21-27-20(28-32-21)15-5-8-18(9-6-15)31-22(23,24)25/h2-11,13H,12H2. The summed E-state index contributed by atoms with van der Waals surface area (Å²) in [5.41, 5.74) is 1.92. The Morgan fingerprint density at radius 3 is 2.53 bits per heavy atom. The highest BCUT2D eigenvalue weighted by Crippen LogP contribution is 2.26. The van der Waals surface area contributed by atoms with Gasteiger partial charge in [0.2, 0.25) is 5.82 Å². The molecular formula is C22H13F3N4O3. The molecule has 0 aliphatic heterocycles. The molecule has 0 fully saturated rings. The van der Waals surface area contributed by atoms with E-state index in [0.717, 1.165) is 17.7 Å². The molecule has 0 bridgehead atoms. The van der Waals surface area contributed by atoms with Crippen molar-refractivity contribution in [3.05, 3.63) is 94.2 Å². The van der Waals surface area contributed by atoms with Gasteiger partial charge in [-0.2, -0.15) is 4.98 Å². The lowest BCUT2D eigenvalue weighted by Crippen LogP contribution is -2.19. The van der Waals surface area contributed by atoms with Crippen molar-refractivity contribution >= 4 is 5.69 Å². The van der Waals surface area contributed by atoms with Gasteiger partial charge in [0.05, 0.1) is 12.1 Å². The Morgan fingerprint density at radius 1 is 1.06 bits per heavy atom. The zero-order chi connectivity index (χ0) is 22.7. The van der Waals surface area contributed by atoms with Gasteiger partial charge in [-0.15, -0.1) is 13.2 Å². The van der Waals surface area contributed by atoms with Crippen LogP contribution in [-0.4, -0.2) is 21.1 Å². The average Bonchev–Trinajstić information content (AvgIpc) is 3.25. The minimum Gasteiger partial charge on any atom is -0.406 e. The summed E-state index contributed by atoms with van der Waals surface area (Å²) in [6.07, 6.45) is -3.22. The van der Waals surface area contributed by atoms with E-state index < -0.39 is 6.36 Å². The minimum absolute atomic E-state index is 0.138. The van der Waals surface area contributed by atoms with E-state index in [9.17, 15) is 18.0 Å². The highest BCUT2D eigenvalue weighted by molar-refractivity contribution is 5.60. The molecule has 4 rings (SSSR count). The van der Waals surface area contributed by atoms with Crippen molar-refractivity contribution in [2.75, 3.05) is 0 Å². The summed E-state index contributed by atoms with van der Waals surface area (Å²) in [6.45, 7) is 7.35. The second kappa shape index (κ2) is 8.39. The van der Waals surface area contributed by atoms with Gasteiger partial charge in [-0.1, -0.05) is 29.4 Å². The Morgan fingerprint density at radius 2 is 1.81 bits per heavy atom. The molecule has 0 saturated heterocycles. The number of nitrogens with zero attached hydrogens (tertiary/aromatic N) is 4. The van der Waals surface area contributed by atoms with E-state index in [1.54, 1.807) is 24.4 Å². The molecule has 0 spiro atoms. The molecule has 2 heterocycles. The number of benzene rings is 2. The molecule has 10 heteroatoms. The monoisotopic (exact) mass is 438 g/mol. The van der Waals surface area contributed by atoms with Gasteiger partial charge in [-0.05, 0) is 35.9 Å². The van der Waals surface area contributed by atoms with Crippen molar-refractivity contribution in [3.63, 3.8) is 0 Å². The van der Waals surface area contributed by atoms with Gasteiger partial charge >= 0.3 is 6.36 Å². The number of hydrogen-bond acceptors (Lipinski definition) is 5. The lowest BCUT2D eigenvalue weighted by molar-refractivity contribution is -0.274. The minimum atomic E-state index is -4.78. The molecule has 0 radical (unpaired) electrons. The maximum Gasteiger partial charge on any atom is 0.573 e. The molecule has 0 aliphatic carbocycles. The predicted molar refractivity (Wildman–Crippen MR) is 108 cm³/mol. The van der Waals surface area contributed by atoms with Crippen LogP contribution < -0.4 is 10.3 Å². The molecule has 0 atom stereocenters. The summed E-state index contributed by atoms with van der Waals surface area (Å²) in [5, 5.41) is 3.86. The fourth-order valence-corrected chi connectivity index (χ4v) is 2.97. The molecule has 0 saturated carbocycles. The Bertz CT molecular complexity index is 1350. The molecule has 2 aromatic carbocycles. The van der Waals surface area contributed by atoms with Gasteiger partial charge in [0.15, 0.2) is 5.69 Å². The number of pyridine rings is 1. The first-order chi connectivity index (χ1) is 15.3. The first-order valence-corrected chi connectivity index (χ1v) is 9.18. The fourth-order valence-electron chi connectivity index (χ4n) is 2.97. The fraction of sp³-hybridized carbons (Fsp3) is 0.0909. The number of hydrogen-bond donors (Lipinski definition) is 0. The number of alkyl halides is 3. The normalized spacial score (nSPS) is 11.2. The van der Waals surface area contributed by atoms with Gasteiger partial charge in [0, 0.05) is 24.4 Å². The highest BCUT2D eigenvalue weighted by Gasteiger charge is 2.31. The molecule has 32 heavy (non-hydrogen) atoms. The molecule has 2 aromatic heterocycles. The van der Waals surface area contributed by atoms with E-state index in [1.165, 1.54) is 28.8 Å². The van der Waals surface area contributed by atoms with E-state index >= 15 is 0 Å². The van der Waals surface area contributed by atoms with Crippen LogP contribution in [0.1, 0.15) is 5.56 Å². The van der Waals surface area contributed by atoms with Gasteiger partial charge in [-0.25, -0.2) is 4.85 Å². The van der Waals surface area contributed by atoms with Crippen molar-refractivity contribution < 1.29 is 22.4 Å². The summed E-state index contributed by atoms with van der Waals surface area (Å²) in [7, 11) is 0. The number of aromatic nitrogens is 3. The summed E-state index contributed by atoms with van der Waals surface area (Å²) in [5.74, 6) is -0.0559. The van der Waals surface area contributed by atoms with E-state index in [0.29, 0.717) is 16.8 Å². The maximum absolute atomic E-state index is 12.3. The van der Waals surface area contributed by atoms with E-state index in [-0.39, 0.29) is 29.6 Å². The molecule has 4 aromatic rings. The van der Waals surface area contributed by atoms with Crippen LogP contribution in [0.15, 0.2) is 76.2 Å². The van der Waals surface area contributed by atoms with Crippen LogP contribution in [0.2, 0.25) is 0 Å². The molecular weight excluding hydrogens is 425 g/mol. The van der Waals surface area contributed by atoms with Crippen LogP contribution in [0.25, 0.3) is 27.7 Å². The van der Waals surface area contributed by atoms with Crippen molar-refractivity contribution in [1.29, 1.82) is 0 Å². The van der Waals surface area contributed by atoms with Crippen molar-refractivity contribution in [2.45, 2.75) is 12.9 Å². The van der Waals surface area contributed by atoms with Crippen molar-refractivity contribution in [3.8, 4) is 28.6 Å². The van der Waals surface area contributed by atoms with E-state index in [4.69, 9.17) is 11.1 Å². The van der Waals surface area contributed by atoms with Crippen LogP contribution in [0.4, 0.5) is 18.9 Å². The first kappa shape index (κ1) is 20.9. The third kappa shape index (κ3) is 4.84. The zero-order valence-corrected chi connectivity index (χ0v) is 16.2. The van der Waals surface area contributed by atoms with Crippen LogP contribution in [0, 0.1) is 6.57 Å². The van der Waals surface area contributed by atoms with Crippen LogP contribution in [0.5, 0.6) is 5.75 Å². The van der Waals surface area contributed by atoms with Crippen molar-refractivity contribution in [2.24, 2.45) is 0 Å². The number of ether oxygens (including phenoxy) is 1. The average molecular weight is 438 g/mol. The number of halogens is 3. The molecule has 0 amide bonds. The molecule has 0 unspecified atom stereocenters. The smallest absolute Gasteiger partial charge is 0.406 e. The van der Waals surface area contributed by atoms with Gasteiger partial charge < -0.3 is 13.8 Å². The summed E-state index contributed by atoms with van der Waals surface area (Å²) >= 11 is 0. The SMILES string of the molecule is [C-]#[N+]c1cccc(Cn2cc(-c3nc(-c4ccc(OC(F)(F)F)cc4)no3)ccc2=O)c1. The Labute approximate surface area is 179 Å². The van der Waals surface area contributed by atoms with Crippen LogP contribution >= 0.6 is 0 Å². The van der Waals surface area contributed by atoms with E-state index in [2.05, 4.69) is 19.7 Å². The molecule has 0 N–H and O–H groups in total. The summed E-state index contributed by atoms with van der Waals surface area (Å²) in [6, 6.07) is 14.9. The van der Waals surface area contributed by atoms with Gasteiger partial charge in [0.25, 0.3) is 11.4 Å². The van der Waals surface area contributed by atoms with Crippen LogP contribution in [0.3, 0.4) is 0 Å². The summed E-state index contributed by atoms with van der Waals surface area (Å²) in [4.78, 5) is 19.9. The van der Waals surface area contributed by atoms with Gasteiger partial charge in [0.1, 0.15) is 5.75 Å². The largest absolute Gasteiger partial charge is 0.573 e. The Hall–Kier alpha value is -4.39. The van der Waals surface area contributed by atoms with Gasteiger partial charge in [-0.3, -0.25) is 4.79 Å². The Balaban J connectivity index is 1.57. The third-order valence-electron chi connectivity index (χ3n) is 4.40. The topological polar surface area (TPSA) is 74.5 Å². The highest BCUT2D eigenvalue weighted by atomic mass is 19.4. The molecule has 0 aliphatic rings. The first-order valence-electron chi connectivity index (χ1n) is 9.18. The Kier molecular flexibility index (Phi) is 5.47. The molecule has 160 valence electrons. The number of rotatable bonds is 5. The quantitative estimate of drug-likeness (QED) is 0.407. The van der Waals surface area contributed by atoms with Crippen LogP contribution in [-0.2, 0) is 6.54 Å². The maximum atomic E-state index is 12.3. The van der Waals surface area contributed by atoms with Crippen molar-refractivity contribution in [1.82, 2.24) is 14.7 Å². The second-order valence-electron chi connectivity index (χ2n) is 6.66. The lowest BCUT2D eigenvalue weighted by Gasteiger charge is -2.08. The third-order valence-corrected chi connectivity index (χ3v) is 4.40.